The Balaban J connectivity index is 2.85. The Morgan fingerprint density at radius 1 is 1.67 bits per heavy atom. The quantitative estimate of drug-likeness (QED) is 0.468. The Morgan fingerprint density at radius 3 is 3.22 bits per heavy atom. The molecule has 0 atom stereocenters. The molecule has 9 heavy (non-hydrogen) atoms. The molecular weight excluding hydrogens is 117 g/mol. The molecule has 0 aromatic carbocycles. The summed E-state index contributed by atoms with van der Waals surface area (Å²) in [7, 11) is 0. The summed E-state index contributed by atoms with van der Waals surface area (Å²) in [4.78, 5) is 3.89. The molecule has 1 heterocycles. The summed E-state index contributed by atoms with van der Waals surface area (Å²) < 4.78 is 12.5. The van der Waals surface area contributed by atoms with E-state index in [0.717, 1.165) is 0 Å². The first-order valence-corrected chi connectivity index (χ1v) is 2.84. The maximum absolute atomic E-state index is 12.5. The fourth-order valence-corrected chi connectivity index (χ4v) is 0.599. The number of hydrogen-bond acceptors (Lipinski definition) is 1. The van der Waals surface area contributed by atoms with Crippen LogP contribution >= 0.6 is 0 Å². The zero-order chi connectivity index (χ0) is 6.69. The van der Waals surface area contributed by atoms with Crippen molar-refractivity contribution in [3.05, 3.63) is 24.1 Å². The molecule has 0 spiro atoms. The van der Waals surface area contributed by atoms with Crippen LogP contribution in [0.25, 0.3) is 0 Å². The lowest BCUT2D eigenvalue weighted by molar-refractivity contribution is 0.680. The Hall–Kier alpha value is -0.920. The number of rotatable bonds is 0. The van der Waals surface area contributed by atoms with Crippen LogP contribution in [0.2, 0.25) is 0 Å². The van der Waals surface area contributed by atoms with Crippen molar-refractivity contribution in [1.82, 2.24) is 0 Å². The van der Waals surface area contributed by atoms with Gasteiger partial charge in [-0.05, 0) is 13.0 Å². The summed E-state index contributed by atoms with van der Waals surface area (Å²) in [5.74, 6) is -0.233. The van der Waals surface area contributed by atoms with Crippen molar-refractivity contribution in [2.75, 3.05) is 6.54 Å². The standard InChI is InChI=1S/C7H8FN/c1-6-7(8)4-2-3-5-9-6/h2-4H,5H2,1H3. The van der Waals surface area contributed by atoms with Crippen LogP contribution < -0.4 is 0 Å². The second-order valence-corrected chi connectivity index (χ2v) is 1.87. The molecule has 0 radical (unpaired) electrons. The maximum Gasteiger partial charge on any atom is 0.143 e. The van der Waals surface area contributed by atoms with Crippen LogP contribution in [0.3, 0.4) is 0 Å². The van der Waals surface area contributed by atoms with Crippen molar-refractivity contribution in [2.24, 2.45) is 4.99 Å². The lowest BCUT2D eigenvalue weighted by Gasteiger charge is -1.89. The van der Waals surface area contributed by atoms with E-state index < -0.39 is 0 Å². The Kier molecular flexibility index (Phi) is 1.78. The molecular formula is C7H8FN. The number of nitrogens with zero attached hydrogens (tertiary/aromatic N) is 1. The second-order valence-electron chi connectivity index (χ2n) is 1.87. The molecule has 0 saturated heterocycles. The molecule has 1 rings (SSSR count). The Bertz CT molecular complexity index is 189. The fraction of sp³-hybridized carbons (Fsp3) is 0.286. The van der Waals surface area contributed by atoms with Crippen LogP contribution in [0.5, 0.6) is 0 Å². The summed E-state index contributed by atoms with van der Waals surface area (Å²) >= 11 is 0. The third-order valence-electron chi connectivity index (χ3n) is 1.16. The van der Waals surface area contributed by atoms with Crippen molar-refractivity contribution in [3.63, 3.8) is 0 Å². The highest BCUT2D eigenvalue weighted by Crippen LogP contribution is 2.03. The average molecular weight is 125 g/mol. The van der Waals surface area contributed by atoms with E-state index in [9.17, 15) is 4.39 Å². The molecule has 0 fully saturated rings. The van der Waals surface area contributed by atoms with Gasteiger partial charge in [0.15, 0.2) is 0 Å². The minimum atomic E-state index is -0.233. The molecule has 0 unspecified atom stereocenters. The first kappa shape index (κ1) is 6.20. The lowest BCUT2D eigenvalue weighted by atomic mass is 10.3. The predicted octanol–water partition coefficient (Wildman–Crippen LogP) is 1.87. The van der Waals surface area contributed by atoms with E-state index in [1.807, 2.05) is 6.08 Å². The van der Waals surface area contributed by atoms with Gasteiger partial charge >= 0.3 is 0 Å². The summed E-state index contributed by atoms with van der Waals surface area (Å²) in [6.07, 6.45) is 4.91. The van der Waals surface area contributed by atoms with Gasteiger partial charge in [-0.2, -0.15) is 0 Å². The van der Waals surface area contributed by atoms with Gasteiger partial charge in [-0.15, -0.1) is 0 Å². The second kappa shape index (κ2) is 2.58. The molecule has 0 saturated carbocycles. The van der Waals surface area contributed by atoms with Gasteiger partial charge in [0.2, 0.25) is 0 Å². The highest BCUT2D eigenvalue weighted by molar-refractivity contribution is 5.96. The van der Waals surface area contributed by atoms with E-state index in [4.69, 9.17) is 0 Å². The molecule has 2 heteroatoms. The van der Waals surface area contributed by atoms with Gasteiger partial charge in [0, 0.05) is 0 Å². The van der Waals surface area contributed by atoms with Gasteiger partial charge < -0.3 is 0 Å². The SMILES string of the molecule is CC1=NCC=CC=C1F. The van der Waals surface area contributed by atoms with Gasteiger partial charge in [0.05, 0.1) is 12.3 Å². The lowest BCUT2D eigenvalue weighted by Crippen LogP contribution is -1.90. The van der Waals surface area contributed by atoms with E-state index >= 15 is 0 Å². The number of halogens is 1. The van der Waals surface area contributed by atoms with Gasteiger partial charge in [0.1, 0.15) is 5.83 Å². The van der Waals surface area contributed by atoms with Crippen molar-refractivity contribution in [1.29, 1.82) is 0 Å². The Labute approximate surface area is 53.6 Å². The highest BCUT2D eigenvalue weighted by Gasteiger charge is 1.97. The van der Waals surface area contributed by atoms with E-state index in [-0.39, 0.29) is 5.83 Å². The molecule has 0 N–H and O–H groups in total. The predicted molar refractivity (Wildman–Crippen MR) is 36.3 cm³/mol. The van der Waals surface area contributed by atoms with Gasteiger partial charge in [-0.1, -0.05) is 12.2 Å². The first-order valence-electron chi connectivity index (χ1n) is 2.84. The zero-order valence-corrected chi connectivity index (χ0v) is 5.26. The van der Waals surface area contributed by atoms with E-state index in [1.165, 1.54) is 6.08 Å². The van der Waals surface area contributed by atoms with Crippen molar-refractivity contribution >= 4 is 5.71 Å². The summed E-state index contributed by atoms with van der Waals surface area (Å²) in [5.41, 5.74) is 0.486. The first-order chi connectivity index (χ1) is 4.30. The largest absolute Gasteiger partial charge is 0.283 e. The monoisotopic (exact) mass is 125 g/mol. The summed E-state index contributed by atoms with van der Waals surface area (Å²) in [5, 5.41) is 0. The number of allylic oxidation sites excluding steroid dienone is 3. The molecule has 1 nitrogen and oxygen atoms in total. The fourth-order valence-electron chi connectivity index (χ4n) is 0.599. The van der Waals surface area contributed by atoms with Gasteiger partial charge in [-0.3, -0.25) is 4.99 Å². The third-order valence-corrected chi connectivity index (χ3v) is 1.16. The molecule has 1 aliphatic rings. The van der Waals surface area contributed by atoms with E-state index in [1.54, 1.807) is 13.0 Å². The van der Waals surface area contributed by atoms with Gasteiger partial charge in [-0.25, -0.2) is 4.39 Å². The molecule has 0 amide bonds. The molecule has 0 aromatic rings. The van der Waals surface area contributed by atoms with Crippen LogP contribution in [-0.2, 0) is 0 Å². The van der Waals surface area contributed by atoms with Gasteiger partial charge in [0.25, 0.3) is 0 Å². The molecule has 0 bridgehead atoms. The third kappa shape index (κ3) is 1.49. The minimum absolute atomic E-state index is 0.233. The van der Waals surface area contributed by atoms with Crippen LogP contribution in [-0.4, -0.2) is 12.3 Å². The van der Waals surface area contributed by atoms with E-state index in [0.29, 0.717) is 12.3 Å². The van der Waals surface area contributed by atoms with Crippen LogP contribution in [0.1, 0.15) is 6.92 Å². The highest BCUT2D eigenvalue weighted by atomic mass is 19.1. The van der Waals surface area contributed by atoms with Crippen LogP contribution in [0, 0.1) is 0 Å². The number of aliphatic imine (C=N–C) groups is 1. The normalized spacial score (nSPS) is 18.4. The molecule has 0 aromatic heterocycles. The molecule has 1 aliphatic heterocycles. The number of hydrogen-bond donors (Lipinski definition) is 0. The maximum atomic E-state index is 12.5. The topological polar surface area (TPSA) is 12.4 Å². The summed E-state index contributed by atoms with van der Waals surface area (Å²) in [6, 6.07) is 0. The Morgan fingerprint density at radius 2 is 2.44 bits per heavy atom. The minimum Gasteiger partial charge on any atom is -0.283 e. The van der Waals surface area contributed by atoms with Crippen LogP contribution in [0.15, 0.2) is 29.0 Å². The molecule has 0 aliphatic carbocycles. The van der Waals surface area contributed by atoms with E-state index in [2.05, 4.69) is 4.99 Å². The average Bonchev–Trinajstić information content (AvgIpc) is 1.99. The van der Waals surface area contributed by atoms with Crippen molar-refractivity contribution in [3.8, 4) is 0 Å². The molecule has 48 valence electrons. The van der Waals surface area contributed by atoms with Crippen LogP contribution in [0.4, 0.5) is 4.39 Å². The smallest absolute Gasteiger partial charge is 0.143 e. The summed E-state index contributed by atoms with van der Waals surface area (Å²) in [6.45, 7) is 2.26. The van der Waals surface area contributed by atoms with Crippen molar-refractivity contribution in [2.45, 2.75) is 6.92 Å². The zero-order valence-electron chi connectivity index (χ0n) is 5.26. The van der Waals surface area contributed by atoms with Crippen molar-refractivity contribution < 1.29 is 4.39 Å².